The molecule has 0 unspecified atom stereocenters. The van der Waals surface area contributed by atoms with E-state index >= 15 is 0 Å². The summed E-state index contributed by atoms with van der Waals surface area (Å²) < 4.78 is 27.6. The van der Waals surface area contributed by atoms with Crippen LogP contribution in [0.1, 0.15) is 25.0 Å². The molecule has 5 nitrogen and oxygen atoms in total. The highest BCUT2D eigenvalue weighted by Crippen LogP contribution is 2.32. The molecule has 1 N–H and O–H groups in total. The van der Waals surface area contributed by atoms with E-state index in [0.29, 0.717) is 22.2 Å². The zero-order valence-corrected chi connectivity index (χ0v) is 15.7. The zero-order chi connectivity index (χ0) is 17.5. The van der Waals surface area contributed by atoms with E-state index in [4.69, 9.17) is 0 Å². The van der Waals surface area contributed by atoms with Crippen LogP contribution in [0.15, 0.2) is 53.3 Å². The van der Waals surface area contributed by atoms with Crippen molar-refractivity contribution in [2.45, 2.75) is 25.2 Å². The van der Waals surface area contributed by atoms with Crippen LogP contribution in [0, 0.1) is 0 Å². The van der Waals surface area contributed by atoms with Crippen molar-refractivity contribution < 1.29 is 13.5 Å². The minimum Gasteiger partial charge on any atom is -0.386 e. The minimum atomic E-state index is -3.66. The molecular formula is C17H17BrN2O3S. The van der Waals surface area contributed by atoms with Crippen LogP contribution in [-0.2, 0) is 21.4 Å². The molecule has 0 bridgehead atoms. The average Bonchev–Trinajstić information content (AvgIpc) is 2.87. The fourth-order valence-corrected chi connectivity index (χ4v) is 4.37. The summed E-state index contributed by atoms with van der Waals surface area (Å²) in [6.45, 7) is 3.24. The second-order valence-corrected chi connectivity index (χ2v) is 8.93. The smallest absolute Gasteiger partial charge is 0.244 e. The number of pyridine rings is 1. The Bertz CT molecular complexity index is 990. The summed E-state index contributed by atoms with van der Waals surface area (Å²) >= 11 is 3.34. The van der Waals surface area contributed by atoms with Gasteiger partial charge in [0.2, 0.25) is 10.0 Å². The molecule has 126 valence electrons. The number of aliphatic hydroxyl groups is 1. The summed E-state index contributed by atoms with van der Waals surface area (Å²) in [5, 5.41) is 11.0. The van der Waals surface area contributed by atoms with Crippen LogP contribution < -0.4 is 0 Å². The molecule has 0 saturated heterocycles. The van der Waals surface area contributed by atoms with Gasteiger partial charge in [0.25, 0.3) is 0 Å². The molecule has 2 aromatic heterocycles. The van der Waals surface area contributed by atoms with Crippen molar-refractivity contribution in [1.82, 2.24) is 8.96 Å². The molecule has 0 spiro atoms. The highest BCUT2D eigenvalue weighted by Gasteiger charge is 2.27. The zero-order valence-electron chi connectivity index (χ0n) is 13.3. The standard InChI is InChI=1S/C17H17BrN2O3S/c1-17(2,21)15-10-20(16-14(15)8-13(18)9-19-16)24(22,23)11-12-6-4-3-5-7-12/h3-10,21H,11H2,1-2H3. The Kier molecular flexibility index (Phi) is 4.27. The van der Waals surface area contributed by atoms with Gasteiger partial charge >= 0.3 is 0 Å². The first-order chi connectivity index (χ1) is 11.2. The number of halogens is 1. The Morgan fingerprint density at radius 2 is 1.92 bits per heavy atom. The first-order valence-corrected chi connectivity index (χ1v) is 9.75. The van der Waals surface area contributed by atoms with Crippen molar-refractivity contribution in [2.75, 3.05) is 0 Å². The Balaban J connectivity index is 2.19. The first-order valence-electron chi connectivity index (χ1n) is 7.35. The Morgan fingerprint density at radius 1 is 1.25 bits per heavy atom. The lowest BCUT2D eigenvalue weighted by Gasteiger charge is -2.15. The number of rotatable bonds is 4. The third kappa shape index (κ3) is 3.24. The second-order valence-electron chi connectivity index (χ2n) is 6.16. The van der Waals surface area contributed by atoms with Gasteiger partial charge in [0.1, 0.15) is 0 Å². The van der Waals surface area contributed by atoms with E-state index < -0.39 is 15.6 Å². The van der Waals surface area contributed by atoms with Crippen molar-refractivity contribution in [3.05, 3.63) is 64.4 Å². The highest BCUT2D eigenvalue weighted by atomic mass is 79.9. The first kappa shape index (κ1) is 17.1. The number of hydrogen-bond donors (Lipinski definition) is 1. The van der Waals surface area contributed by atoms with Crippen LogP contribution in [0.4, 0.5) is 0 Å². The van der Waals surface area contributed by atoms with Gasteiger partial charge in [0, 0.05) is 27.8 Å². The number of hydrogen-bond acceptors (Lipinski definition) is 4. The SMILES string of the molecule is CC(C)(O)c1cn(S(=O)(=O)Cc2ccccc2)c2ncc(Br)cc12. The van der Waals surface area contributed by atoms with E-state index in [2.05, 4.69) is 20.9 Å². The van der Waals surface area contributed by atoms with E-state index in [9.17, 15) is 13.5 Å². The topological polar surface area (TPSA) is 72.2 Å². The van der Waals surface area contributed by atoms with Crippen LogP contribution in [0.2, 0.25) is 0 Å². The molecule has 2 heterocycles. The van der Waals surface area contributed by atoms with Crippen molar-refractivity contribution in [1.29, 1.82) is 0 Å². The molecule has 1 aromatic carbocycles. The molecular weight excluding hydrogens is 392 g/mol. The molecule has 0 saturated carbocycles. The van der Waals surface area contributed by atoms with Crippen LogP contribution in [0.3, 0.4) is 0 Å². The van der Waals surface area contributed by atoms with Crippen molar-refractivity contribution in [2.24, 2.45) is 0 Å². The largest absolute Gasteiger partial charge is 0.386 e. The highest BCUT2D eigenvalue weighted by molar-refractivity contribution is 9.10. The molecule has 0 fully saturated rings. The summed E-state index contributed by atoms with van der Waals surface area (Å²) in [4.78, 5) is 4.25. The molecule has 3 aromatic rings. The molecule has 24 heavy (non-hydrogen) atoms. The normalized spacial score (nSPS) is 12.7. The third-order valence-corrected chi connectivity index (χ3v) is 5.74. The number of fused-ring (bicyclic) bond motifs is 1. The fraction of sp³-hybridized carbons (Fsp3) is 0.235. The van der Waals surface area contributed by atoms with E-state index in [1.807, 2.05) is 6.07 Å². The molecule has 0 radical (unpaired) electrons. The van der Waals surface area contributed by atoms with Crippen LogP contribution in [0.5, 0.6) is 0 Å². The van der Waals surface area contributed by atoms with Crippen molar-refractivity contribution in [3.63, 3.8) is 0 Å². The van der Waals surface area contributed by atoms with Gasteiger partial charge in [-0.1, -0.05) is 30.3 Å². The number of nitrogens with zero attached hydrogens (tertiary/aromatic N) is 2. The summed E-state index contributed by atoms with van der Waals surface area (Å²) in [6.07, 6.45) is 3.01. The minimum absolute atomic E-state index is 0.138. The van der Waals surface area contributed by atoms with E-state index in [1.54, 1.807) is 50.4 Å². The maximum absolute atomic E-state index is 12.9. The monoisotopic (exact) mass is 408 g/mol. The molecule has 0 atom stereocenters. The van der Waals surface area contributed by atoms with Gasteiger partial charge in [-0.3, -0.25) is 0 Å². The molecule has 0 aliphatic carbocycles. The van der Waals surface area contributed by atoms with Gasteiger partial charge < -0.3 is 5.11 Å². The predicted molar refractivity (Wildman–Crippen MR) is 97.1 cm³/mol. The second kappa shape index (κ2) is 5.98. The summed E-state index contributed by atoms with van der Waals surface area (Å²) in [5.41, 5.74) is 0.337. The predicted octanol–water partition coefficient (Wildman–Crippen LogP) is 3.40. The quantitative estimate of drug-likeness (QED) is 0.717. The third-order valence-electron chi connectivity index (χ3n) is 3.73. The van der Waals surface area contributed by atoms with Gasteiger partial charge in [-0.25, -0.2) is 17.4 Å². The number of aromatic nitrogens is 2. The lowest BCUT2D eigenvalue weighted by Crippen LogP contribution is -2.17. The summed E-state index contributed by atoms with van der Waals surface area (Å²) in [7, 11) is -3.66. The molecule has 3 rings (SSSR count). The van der Waals surface area contributed by atoms with E-state index in [-0.39, 0.29) is 5.75 Å². The Morgan fingerprint density at radius 3 is 2.54 bits per heavy atom. The molecule has 7 heteroatoms. The maximum Gasteiger partial charge on any atom is 0.244 e. The summed E-state index contributed by atoms with van der Waals surface area (Å²) in [5.74, 6) is -0.138. The van der Waals surface area contributed by atoms with E-state index in [1.165, 1.54) is 6.20 Å². The Hall–Kier alpha value is -1.70. The van der Waals surface area contributed by atoms with Crippen LogP contribution in [-0.4, -0.2) is 22.5 Å². The van der Waals surface area contributed by atoms with Gasteiger partial charge in [-0.2, -0.15) is 0 Å². The molecule has 0 amide bonds. The van der Waals surface area contributed by atoms with Crippen molar-refractivity contribution in [3.8, 4) is 0 Å². The average molecular weight is 409 g/mol. The van der Waals surface area contributed by atoms with Gasteiger partial charge in [-0.15, -0.1) is 0 Å². The van der Waals surface area contributed by atoms with Gasteiger partial charge in [0.05, 0.1) is 11.4 Å². The van der Waals surface area contributed by atoms with Gasteiger partial charge in [0.15, 0.2) is 5.65 Å². The Labute approximate surface area is 149 Å². The van der Waals surface area contributed by atoms with E-state index in [0.717, 1.165) is 8.45 Å². The number of benzene rings is 1. The molecule has 0 aliphatic rings. The van der Waals surface area contributed by atoms with Crippen LogP contribution in [0.25, 0.3) is 11.0 Å². The fourth-order valence-electron chi connectivity index (χ4n) is 2.61. The molecule has 0 aliphatic heterocycles. The lowest BCUT2D eigenvalue weighted by atomic mass is 9.99. The summed E-state index contributed by atoms with van der Waals surface area (Å²) in [6, 6.07) is 10.7. The van der Waals surface area contributed by atoms with Crippen molar-refractivity contribution >= 4 is 37.0 Å². The maximum atomic E-state index is 12.9. The van der Waals surface area contributed by atoms with Crippen LogP contribution >= 0.6 is 15.9 Å². The lowest BCUT2D eigenvalue weighted by molar-refractivity contribution is 0.0801. The van der Waals surface area contributed by atoms with Gasteiger partial charge in [-0.05, 0) is 41.4 Å².